The first kappa shape index (κ1) is 21.4. The molecule has 0 saturated carbocycles. The van der Waals surface area contributed by atoms with Crippen LogP contribution in [0.1, 0.15) is 49.3 Å². The first-order chi connectivity index (χ1) is 13.0. The van der Waals surface area contributed by atoms with Crippen LogP contribution in [-0.4, -0.2) is 17.4 Å². The van der Waals surface area contributed by atoms with E-state index >= 15 is 0 Å². The molecular weight excluding hydrogens is 376 g/mol. The normalized spacial score (nSPS) is 12.4. The van der Waals surface area contributed by atoms with Crippen LogP contribution in [0.25, 0.3) is 0 Å². The number of hydrogen-bond donors (Lipinski definition) is 2. The molecule has 150 valence electrons. The van der Waals surface area contributed by atoms with Gasteiger partial charge in [0, 0.05) is 28.4 Å². The number of rotatable bonds is 6. The molecule has 0 aromatic heterocycles. The van der Waals surface area contributed by atoms with E-state index in [0.29, 0.717) is 6.42 Å². The quantitative estimate of drug-likeness (QED) is 0.697. The predicted molar refractivity (Wildman–Crippen MR) is 97.1 cm³/mol. The van der Waals surface area contributed by atoms with Crippen LogP contribution in [0.4, 0.5) is 23.2 Å². The van der Waals surface area contributed by atoms with E-state index in [4.69, 9.17) is 0 Å². The number of alkyl halides is 1. The molecule has 4 nitrogen and oxygen atoms in total. The molecule has 0 aliphatic carbocycles. The molecular formula is C20H20F4N2O2. The lowest BCUT2D eigenvalue weighted by atomic mass is 10.00. The van der Waals surface area contributed by atoms with Crippen molar-refractivity contribution < 1.29 is 27.2 Å². The fourth-order valence-electron chi connectivity index (χ4n) is 2.28. The molecule has 0 aliphatic rings. The average molecular weight is 396 g/mol. The van der Waals surface area contributed by atoms with Gasteiger partial charge >= 0.3 is 0 Å². The number of amides is 2. The molecule has 0 heterocycles. The summed E-state index contributed by atoms with van der Waals surface area (Å²) in [7, 11) is 0. The Morgan fingerprint density at radius 2 is 1.64 bits per heavy atom. The van der Waals surface area contributed by atoms with Crippen LogP contribution in [0.5, 0.6) is 0 Å². The molecule has 2 N–H and O–H groups in total. The molecule has 2 aromatic rings. The third-order valence-electron chi connectivity index (χ3n) is 4.28. The Morgan fingerprint density at radius 3 is 2.25 bits per heavy atom. The summed E-state index contributed by atoms with van der Waals surface area (Å²) in [5.74, 6) is -5.04. The first-order valence-corrected chi connectivity index (χ1v) is 8.56. The van der Waals surface area contributed by atoms with Gasteiger partial charge in [-0.05, 0) is 50.6 Å². The number of anilines is 1. The molecule has 0 aliphatic heterocycles. The molecule has 1 unspecified atom stereocenters. The van der Waals surface area contributed by atoms with Gasteiger partial charge in [-0.15, -0.1) is 0 Å². The fourth-order valence-corrected chi connectivity index (χ4v) is 2.28. The highest BCUT2D eigenvalue weighted by molar-refractivity contribution is 6.04. The minimum Gasteiger partial charge on any atom is -0.348 e. The maximum Gasteiger partial charge on any atom is 0.259 e. The second kappa shape index (κ2) is 8.41. The van der Waals surface area contributed by atoms with E-state index < -0.39 is 46.5 Å². The van der Waals surface area contributed by atoms with Gasteiger partial charge in [0.25, 0.3) is 11.8 Å². The average Bonchev–Trinajstić information content (AvgIpc) is 2.64. The Kier molecular flexibility index (Phi) is 6.43. The largest absolute Gasteiger partial charge is 0.348 e. The first-order valence-electron chi connectivity index (χ1n) is 8.56. The fraction of sp³-hybridized carbons (Fsp3) is 0.300. The molecule has 2 aromatic carbocycles. The van der Waals surface area contributed by atoms with Crippen molar-refractivity contribution in [1.82, 2.24) is 5.32 Å². The van der Waals surface area contributed by atoms with Crippen molar-refractivity contribution >= 4 is 17.5 Å². The smallest absolute Gasteiger partial charge is 0.259 e. The third-order valence-corrected chi connectivity index (χ3v) is 4.28. The maximum atomic E-state index is 14.5. The van der Waals surface area contributed by atoms with Crippen molar-refractivity contribution in [2.45, 2.75) is 38.9 Å². The molecule has 2 rings (SSSR count). The van der Waals surface area contributed by atoms with Gasteiger partial charge in [0.15, 0.2) is 11.6 Å². The van der Waals surface area contributed by atoms with E-state index in [0.717, 1.165) is 36.4 Å². The van der Waals surface area contributed by atoms with Crippen molar-refractivity contribution in [3.05, 3.63) is 65.0 Å². The van der Waals surface area contributed by atoms with Crippen LogP contribution in [0.15, 0.2) is 36.4 Å². The number of hydrogen-bond acceptors (Lipinski definition) is 2. The van der Waals surface area contributed by atoms with Crippen LogP contribution in [-0.2, 0) is 4.79 Å². The van der Waals surface area contributed by atoms with Crippen LogP contribution in [0.2, 0.25) is 0 Å². The zero-order valence-electron chi connectivity index (χ0n) is 15.6. The number of benzene rings is 2. The minimum atomic E-state index is -2.32. The molecule has 0 saturated heterocycles. The van der Waals surface area contributed by atoms with Crippen LogP contribution in [0.3, 0.4) is 0 Å². The lowest BCUT2D eigenvalue weighted by Crippen LogP contribution is -2.44. The molecule has 0 spiro atoms. The van der Waals surface area contributed by atoms with Gasteiger partial charge in [0.2, 0.25) is 6.17 Å². The van der Waals surface area contributed by atoms with Crippen molar-refractivity contribution in [2.24, 2.45) is 0 Å². The number of halogens is 4. The van der Waals surface area contributed by atoms with E-state index in [-0.39, 0.29) is 11.3 Å². The van der Waals surface area contributed by atoms with Crippen molar-refractivity contribution in [3.63, 3.8) is 0 Å². The Morgan fingerprint density at radius 1 is 1.00 bits per heavy atom. The van der Waals surface area contributed by atoms with Gasteiger partial charge < -0.3 is 10.6 Å². The lowest BCUT2D eigenvalue weighted by molar-refractivity contribution is -0.128. The lowest BCUT2D eigenvalue weighted by Gasteiger charge is -2.25. The summed E-state index contributed by atoms with van der Waals surface area (Å²) in [6.45, 7) is 5.19. The SMILES string of the molecule is CCC(C)(C)NC(=O)C(F)c1cc(C(=O)Nc2ccc(F)c(F)c2)ccc1F. The third kappa shape index (κ3) is 5.09. The van der Waals surface area contributed by atoms with Gasteiger partial charge in [-0.25, -0.2) is 17.6 Å². The van der Waals surface area contributed by atoms with Gasteiger partial charge in [-0.3, -0.25) is 9.59 Å². The topological polar surface area (TPSA) is 58.2 Å². The van der Waals surface area contributed by atoms with Crippen molar-refractivity contribution in [2.75, 3.05) is 5.32 Å². The summed E-state index contributed by atoms with van der Waals surface area (Å²) in [6, 6.07) is 5.61. The number of carbonyl (C=O) groups is 2. The Hall–Kier alpha value is -2.90. The van der Waals surface area contributed by atoms with E-state index in [9.17, 15) is 27.2 Å². The van der Waals surface area contributed by atoms with E-state index in [1.54, 1.807) is 20.8 Å². The van der Waals surface area contributed by atoms with Crippen LogP contribution < -0.4 is 10.6 Å². The highest BCUT2D eigenvalue weighted by Crippen LogP contribution is 2.24. The zero-order chi connectivity index (χ0) is 21.1. The Balaban J connectivity index is 2.22. The standard InChI is InChI=1S/C20H20F4N2O2/c1-4-20(2,3)26-19(28)17(24)13-9-11(5-7-14(13)21)18(27)25-12-6-8-15(22)16(23)10-12/h5-10,17H,4H2,1-3H3,(H,25,27)(H,26,28). The predicted octanol–water partition coefficient (Wildman–Crippen LogP) is 4.67. The number of nitrogens with one attached hydrogen (secondary N) is 2. The van der Waals surface area contributed by atoms with E-state index in [1.165, 1.54) is 0 Å². The monoisotopic (exact) mass is 396 g/mol. The molecule has 2 amide bonds. The van der Waals surface area contributed by atoms with E-state index in [2.05, 4.69) is 10.6 Å². The number of carbonyl (C=O) groups excluding carboxylic acids is 2. The van der Waals surface area contributed by atoms with Gasteiger partial charge in [0.05, 0.1) is 0 Å². The molecule has 1 atom stereocenters. The van der Waals surface area contributed by atoms with Crippen LogP contribution >= 0.6 is 0 Å². The molecule has 8 heteroatoms. The second-order valence-corrected chi connectivity index (χ2v) is 6.91. The van der Waals surface area contributed by atoms with Crippen molar-refractivity contribution in [1.29, 1.82) is 0 Å². The maximum absolute atomic E-state index is 14.5. The van der Waals surface area contributed by atoms with Crippen LogP contribution in [0, 0.1) is 17.5 Å². The molecule has 28 heavy (non-hydrogen) atoms. The molecule has 0 bridgehead atoms. The summed E-state index contributed by atoms with van der Waals surface area (Å²) in [5, 5.41) is 4.77. The van der Waals surface area contributed by atoms with Gasteiger partial charge in [0.1, 0.15) is 5.82 Å². The Bertz CT molecular complexity index is 900. The van der Waals surface area contributed by atoms with Gasteiger partial charge in [-0.2, -0.15) is 0 Å². The molecule has 0 radical (unpaired) electrons. The summed E-state index contributed by atoms with van der Waals surface area (Å²) in [5.41, 5.74) is -1.46. The highest BCUT2D eigenvalue weighted by Gasteiger charge is 2.28. The van der Waals surface area contributed by atoms with Gasteiger partial charge in [-0.1, -0.05) is 6.92 Å². The van der Waals surface area contributed by atoms with Crippen molar-refractivity contribution in [3.8, 4) is 0 Å². The summed E-state index contributed by atoms with van der Waals surface area (Å²) in [6.07, 6.45) is -1.79. The summed E-state index contributed by atoms with van der Waals surface area (Å²) < 4.78 is 54.8. The zero-order valence-corrected chi connectivity index (χ0v) is 15.6. The highest BCUT2D eigenvalue weighted by atomic mass is 19.2. The summed E-state index contributed by atoms with van der Waals surface area (Å²) in [4.78, 5) is 24.3. The minimum absolute atomic E-state index is 0.0333. The van der Waals surface area contributed by atoms with E-state index in [1.807, 2.05) is 0 Å². The molecule has 0 fully saturated rings. The Labute approximate surface area is 159 Å². The summed E-state index contributed by atoms with van der Waals surface area (Å²) >= 11 is 0. The second-order valence-electron chi connectivity index (χ2n) is 6.91.